The van der Waals surface area contributed by atoms with Gasteiger partial charge in [-0.05, 0) is 56.6 Å². The summed E-state index contributed by atoms with van der Waals surface area (Å²) in [4.78, 5) is 1.23. The van der Waals surface area contributed by atoms with E-state index in [2.05, 4.69) is 43.4 Å². The summed E-state index contributed by atoms with van der Waals surface area (Å²) in [6, 6.07) is 15.2. The van der Waals surface area contributed by atoms with Crippen LogP contribution in [0.1, 0.15) is 16.7 Å². The standard InChI is InChI=1S/C18H22ClNS/c1-13-7-8-14(2)15(9-13)10-17(20-3)12-21-18-6-4-5-16(19)11-18/h4-9,11,17,20H,10,12H2,1-3H3. The summed E-state index contributed by atoms with van der Waals surface area (Å²) in [5.41, 5.74) is 4.13. The molecule has 3 heteroatoms. The lowest BCUT2D eigenvalue weighted by Crippen LogP contribution is -2.30. The van der Waals surface area contributed by atoms with Gasteiger partial charge in [-0.3, -0.25) is 0 Å². The van der Waals surface area contributed by atoms with Crippen LogP contribution in [0.25, 0.3) is 0 Å². The molecule has 0 saturated heterocycles. The number of rotatable bonds is 6. The van der Waals surface area contributed by atoms with Crippen LogP contribution in [0, 0.1) is 13.8 Å². The van der Waals surface area contributed by atoms with Crippen molar-refractivity contribution in [2.75, 3.05) is 12.8 Å². The van der Waals surface area contributed by atoms with E-state index >= 15 is 0 Å². The van der Waals surface area contributed by atoms with Crippen LogP contribution < -0.4 is 5.32 Å². The lowest BCUT2D eigenvalue weighted by Gasteiger charge is -2.17. The maximum atomic E-state index is 6.03. The van der Waals surface area contributed by atoms with Gasteiger partial charge in [-0.15, -0.1) is 11.8 Å². The van der Waals surface area contributed by atoms with Crippen molar-refractivity contribution in [2.45, 2.75) is 31.2 Å². The summed E-state index contributed by atoms with van der Waals surface area (Å²) in [5, 5.41) is 4.23. The van der Waals surface area contributed by atoms with E-state index in [4.69, 9.17) is 11.6 Å². The molecule has 2 aromatic carbocycles. The normalized spacial score (nSPS) is 12.4. The average Bonchev–Trinajstić information content (AvgIpc) is 2.47. The number of thioether (sulfide) groups is 1. The molecule has 1 N–H and O–H groups in total. The average molecular weight is 320 g/mol. The Morgan fingerprint density at radius 3 is 2.67 bits per heavy atom. The summed E-state index contributed by atoms with van der Waals surface area (Å²) < 4.78 is 0. The second-order valence-electron chi connectivity index (χ2n) is 5.39. The molecular weight excluding hydrogens is 298 g/mol. The molecule has 0 fully saturated rings. The molecule has 0 aliphatic carbocycles. The van der Waals surface area contributed by atoms with Crippen molar-refractivity contribution in [3.05, 3.63) is 64.2 Å². The molecule has 0 saturated carbocycles. The minimum atomic E-state index is 0.453. The molecule has 0 radical (unpaired) electrons. The Kier molecular flexibility index (Phi) is 6.16. The van der Waals surface area contributed by atoms with Gasteiger partial charge in [-0.1, -0.05) is 41.4 Å². The summed E-state index contributed by atoms with van der Waals surface area (Å²) in [6.45, 7) is 4.34. The van der Waals surface area contributed by atoms with Gasteiger partial charge in [-0.25, -0.2) is 0 Å². The molecule has 2 aromatic rings. The first kappa shape index (κ1) is 16.4. The smallest absolute Gasteiger partial charge is 0.0417 e. The highest BCUT2D eigenvalue weighted by atomic mass is 35.5. The molecule has 0 amide bonds. The number of aryl methyl sites for hydroxylation is 2. The maximum Gasteiger partial charge on any atom is 0.0417 e. The van der Waals surface area contributed by atoms with Gasteiger partial charge in [-0.2, -0.15) is 0 Å². The van der Waals surface area contributed by atoms with E-state index in [1.807, 2.05) is 37.0 Å². The molecule has 2 rings (SSSR count). The van der Waals surface area contributed by atoms with Gasteiger partial charge < -0.3 is 5.32 Å². The molecule has 0 spiro atoms. The van der Waals surface area contributed by atoms with Crippen LogP contribution in [0.5, 0.6) is 0 Å². The number of hydrogen-bond acceptors (Lipinski definition) is 2. The summed E-state index contributed by atoms with van der Waals surface area (Å²) in [6.07, 6.45) is 1.05. The van der Waals surface area contributed by atoms with Crippen molar-refractivity contribution < 1.29 is 0 Å². The quantitative estimate of drug-likeness (QED) is 0.762. The first-order valence-corrected chi connectivity index (χ1v) is 8.56. The minimum absolute atomic E-state index is 0.453. The summed E-state index contributed by atoms with van der Waals surface area (Å²) >= 11 is 7.88. The Labute approximate surface area is 137 Å². The number of hydrogen-bond donors (Lipinski definition) is 1. The largest absolute Gasteiger partial charge is 0.316 e. The second kappa shape index (κ2) is 7.88. The summed E-state index contributed by atoms with van der Waals surface area (Å²) in [7, 11) is 2.04. The van der Waals surface area contributed by atoms with Gasteiger partial charge in [0.05, 0.1) is 0 Å². The monoisotopic (exact) mass is 319 g/mol. The van der Waals surface area contributed by atoms with Crippen LogP contribution >= 0.6 is 23.4 Å². The van der Waals surface area contributed by atoms with Gasteiger partial charge in [0.25, 0.3) is 0 Å². The molecule has 112 valence electrons. The Morgan fingerprint density at radius 1 is 1.14 bits per heavy atom. The van der Waals surface area contributed by atoms with Gasteiger partial charge >= 0.3 is 0 Å². The maximum absolute atomic E-state index is 6.03. The lowest BCUT2D eigenvalue weighted by molar-refractivity contribution is 0.615. The zero-order valence-electron chi connectivity index (χ0n) is 12.8. The van der Waals surface area contributed by atoms with Crippen molar-refractivity contribution in [1.29, 1.82) is 0 Å². The zero-order valence-corrected chi connectivity index (χ0v) is 14.4. The van der Waals surface area contributed by atoms with Crippen molar-refractivity contribution in [1.82, 2.24) is 5.32 Å². The third-order valence-electron chi connectivity index (χ3n) is 3.63. The Morgan fingerprint density at radius 2 is 1.95 bits per heavy atom. The van der Waals surface area contributed by atoms with Crippen molar-refractivity contribution in [3.63, 3.8) is 0 Å². The Balaban J connectivity index is 1.98. The number of halogens is 1. The predicted octanol–water partition coefficient (Wildman–Crippen LogP) is 4.88. The molecule has 0 heterocycles. The highest BCUT2D eigenvalue weighted by Crippen LogP contribution is 2.23. The molecule has 0 aliphatic heterocycles. The number of benzene rings is 2. The van der Waals surface area contributed by atoms with Gasteiger partial charge in [0.15, 0.2) is 0 Å². The number of likely N-dealkylation sites (N-methyl/N-ethyl adjacent to an activating group) is 1. The van der Waals surface area contributed by atoms with E-state index in [-0.39, 0.29) is 0 Å². The van der Waals surface area contributed by atoms with Crippen LogP contribution in [0.15, 0.2) is 47.4 Å². The van der Waals surface area contributed by atoms with E-state index in [1.54, 1.807) is 0 Å². The number of nitrogens with one attached hydrogen (secondary N) is 1. The van der Waals surface area contributed by atoms with E-state index in [9.17, 15) is 0 Å². The molecule has 1 unspecified atom stereocenters. The van der Waals surface area contributed by atoms with Gasteiger partial charge in [0.1, 0.15) is 0 Å². The summed E-state index contributed by atoms with van der Waals surface area (Å²) in [5.74, 6) is 1.03. The third kappa shape index (κ3) is 5.06. The van der Waals surface area contributed by atoms with E-state index < -0.39 is 0 Å². The van der Waals surface area contributed by atoms with Crippen molar-refractivity contribution in [2.24, 2.45) is 0 Å². The van der Waals surface area contributed by atoms with E-state index in [1.165, 1.54) is 21.6 Å². The fraction of sp³-hybridized carbons (Fsp3) is 0.333. The second-order valence-corrected chi connectivity index (χ2v) is 6.92. The zero-order chi connectivity index (χ0) is 15.2. The molecule has 21 heavy (non-hydrogen) atoms. The molecule has 0 bridgehead atoms. The highest BCUT2D eigenvalue weighted by molar-refractivity contribution is 7.99. The predicted molar refractivity (Wildman–Crippen MR) is 94.6 cm³/mol. The molecule has 0 aliphatic rings. The van der Waals surface area contributed by atoms with Crippen LogP contribution in [-0.2, 0) is 6.42 Å². The first-order valence-electron chi connectivity index (χ1n) is 7.20. The van der Waals surface area contributed by atoms with Gasteiger partial charge in [0.2, 0.25) is 0 Å². The highest BCUT2D eigenvalue weighted by Gasteiger charge is 2.10. The molecule has 1 atom stereocenters. The SMILES string of the molecule is CNC(CSc1cccc(Cl)c1)Cc1cc(C)ccc1C. The van der Waals surface area contributed by atoms with Crippen molar-refractivity contribution >= 4 is 23.4 Å². The topological polar surface area (TPSA) is 12.0 Å². The fourth-order valence-corrected chi connectivity index (χ4v) is 3.60. The fourth-order valence-electron chi connectivity index (χ4n) is 2.28. The van der Waals surface area contributed by atoms with Crippen LogP contribution in [-0.4, -0.2) is 18.8 Å². The van der Waals surface area contributed by atoms with Crippen molar-refractivity contribution in [3.8, 4) is 0 Å². The van der Waals surface area contributed by atoms with Crippen LogP contribution in [0.4, 0.5) is 0 Å². The minimum Gasteiger partial charge on any atom is -0.316 e. The molecule has 0 aromatic heterocycles. The van der Waals surface area contributed by atoms with E-state index in [0.717, 1.165) is 17.2 Å². The van der Waals surface area contributed by atoms with E-state index in [0.29, 0.717) is 6.04 Å². The third-order valence-corrected chi connectivity index (χ3v) is 5.02. The Bertz CT molecular complexity index is 598. The molecular formula is C18H22ClNS. The Hall–Kier alpha value is -0.960. The van der Waals surface area contributed by atoms with Crippen LogP contribution in [0.3, 0.4) is 0 Å². The lowest BCUT2D eigenvalue weighted by atomic mass is 10.00. The van der Waals surface area contributed by atoms with Gasteiger partial charge in [0, 0.05) is 21.7 Å². The van der Waals surface area contributed by atoms with Crippen LogP contribution in [0.2, 0.25) is 5.02 Å². The first-order chi connectivity index (χ1) is 10.1. The molecule has 1 nitrogen and oxygen atoms in total.